The number of halogens is 1. The molecule has 2 heterocycles. The maximum Gasteiger partial charge on any atom is 0.341 e. The zero-order chi connectivity index (χ0) is 17.3. The number of hydrogen-bond acceptors (Lipinski definition) is 7. The Morgan fingerprint density at radius 1 is 1.38 bits per heavy atom. The number of carbonyl (C=O) groups is 1. The summed E-state index contributed by atoms with van der Waals surface area (Å²) in [5.74, 6) is -1.26. The van der Waals surface area contributed by atoms with Gasteiger partial charge in [-0.05, 0) is 19.1 Å². The van der Waals surface area contributed by atoms with Gasteiger partial charge >= 0.3 is 5.97 Å². The molecule has 0 aliphatic heterocycles. The Balaban J connectivity index is 1.77. The van der Waals surface area contributed by atoms with Crippen LogP contribution in [-0.2, 0) is 11.3 Å². The maximum atomic E-state index is 13.8. The number of esters is 1. The standard InChI is InChI=1S/C15H12FN3O4S/c1-8-5-13(20)19-15(17-8)24-12(18-19)7-23-14(21)10-4-3-9(22-2)6-11(10)16/h3-6H,7H2,1-2H3. The predicted molar refractivity (Wildman–Crippen MR) is 83.9 cm³/mol. The SMILES string of the molecule is COc1ccc(C(=O)OCc2nn3c(=O)cc(C)nc3s2)c(F)c1. The molecule has 124 valence electrons. The van der Waals surface area contributed by atoms with Crippen molar-refractivity contribution in [2.45, 2.75) is 13.5 Å². The van der Waals surface area contributed by atoms with E-state index in [0.717, 1.165) is 21.9 Å². The highest BCUT2D eigenvalue weighted by Crippen LogP contribution is 2.18. The van der Waals surface area contributed by atoms with E-state index in [1.165, 1.54) is 25.3 Å². The van der Waals surface area contributed by atoms with Gasteiger partial charge in [-0.3, -0.25) is 4.79 Å². The van der Waals surface area contributed by atoms with Crippen LogP contribution in [0.3, 0.4) is 0 Å². The van der Waals surface area contributed by atoms with E-state index >= 15 is 0 Å². The first-order valence-electron chi connectivity index (χ1n) is 6.85. The molecule has 0 radical (unpaired) electrons. The summed E-state index contributed by atoms with van der Waals surface area (Å²) in [7, 11) is 1.40. The minimum Gasteiger partial charge on any atom is -0.497 e. The largest absolute Gasteiger partial charge is 0.497 e. The van der Waals surface area contributed by atoms with Crippen LogP contribution in [0, 0.1) is 12.7 Å². The minimum absolute atomic E-state index is 0.184. The maximum absolute atomic E-state index is 13.8. The first-order valence-corrected chi connectivity index (χ1v) is 7.66. The van der Waals surface area contributed by atoms with Crippen molar-refractivity contribution in [3.63, 3.8) is 0 Å². The summed E-state index contributed by atoms with van der Waals surface area (Å²) in [5.41, 5.74) is 0.0584. The van der Waals surface area contributed by atoms with E-state index in [1.807, 2.05) is 0 Å². The molecule has 0 amide bonds. The molecule has 0 bridgehead atoms. The van der Waals surface area contributed by atoms with Gasteiger partial charge in [0.2, 0.25) is 4.96 Å². The summed E-state index contributed by atoms with van der Waals surface area (Å²) in [5, 5.41) is 4.42. The second kappa shape index (κ2) is 6.36. The molecule has 24 heavy (non-hydrogen) atoms. The van der Waals surface area contributed by atoms with Gasteiger partial charge in [0.25, 0.3) is 5.56 Å². The number of benzene rings is 1. The molecule has 0 saturated heterocycles. The second-order valence-electron chi connectivity index (χ2n) is 4.85. The van der Waals surface area contributed by atoms with Crippen molar-refractivity contribution in [1.82, 2.24) is 14.6 Å². The number of aryl methyl sites for hydroxylation is 1. The Hall–Kier alpha value is -2.81. The summed E-state index contributed by atoms with van der Waals surface area (Å²) in [6.07, 6.45) is 0. The Morgan fingerprint density at radius 3 is 2.88 bits per heavy atom. The van der Waals surface area contributed by atoms with Crippen molar-refractivity contribution in [2.75, 3.05) is 7.11 Å². The highest BCUT2D eigenvalue weighted by Gasteiger charge is 2.16. The van der Waals surface area contributed by atoms with Crippen molar-refractivity contribution in [3.8, 4) is 5.75 Å². The Morgan fingerprint density at radius 2 is 2.17 bits per heavy atom. The van der Waals surface area contributed by atoms with Crippen molar-refractivity contribution in [1.29, 1.82) is 0 Å². The lowest BCUT2D eigenvalue weighted by Gasteiger charge is -2.05. The summed E-state index contributed by atoms with van der Waals surface area (Å²) in [4.78, 5) is 28.3. The zero-order valence-corrected chi connectivity index (χ0v) is 13.6. The van der Waals surface area contributed by atoms with Crippen LogP contribution in [0.1, 0.15) is 21.1 Å². The molecule has 0 aliphatic rings. The Labute approximate surface area is 139 Å². The molecular weight excluding hydrogens is 337 g/mol. The number of aromatic nitrogens is 3. The number of rotatable bonds is 4. The fourth-order valence-corrected chi connectivity index (χ4v) is 2.87. The van der Waals surface area contributed by atoms with Gasteiger partial charge in [-0.2, -0.15) is 9.61 Å². The topological polar surface area (TPSA) is 82.8 Å². The molecule has 0 saturated carbocycles. The first-order chi connectivity index (χ1) is 11.5. The quantitative estimate of drug-likeness (QED) is 0.670. The fourth-order valence-electron chi connectivity index (χ4n) is 2.01. The smallest absolute Gasteiger partial charge is 0.341 e. The van der Waals surface area contributed by atoms with Gasteiger partial charge in [-0.15, -0.1) is 0 Å². The van der Waals surface area contributed by atoms with E-state index in [1.54, 1.807) is 6.92 Å². The van der Waals surface area contributed by atoms with E-state index in [4.69, 9.17) is 9.47 Å². The van der Waals surface area contributed by atoms with Crippen molar-refractivity contribution in [2.24, 2.45) is 0 Å². The third kappa shape index (κ3) is 3.11. The Kier molecular flexibility index (Phi) is 4.26. The summed E-state index contributed by atoms with van der Waals surface area (Å²) in [6, 6.07) is 5.20. The summed E-state index contributed by atoms with van der Waals surface area (Å²) >= 11 is 1.12. The zero-order valence-electron chi connectivity index (χ0n) is 12.8. The molecule has 1 aromatic carbocycles. The number of ether oxygens (including phenoxy) is 2. The second-order valence-corrected chi connectivity index (χ2v) is 5.89. The van der Waals surface area contributed by atoms with Crippen LogP contribution >= 0.6 is 11.3 Å². The highest BCUT2D eigenvalue weighted by atomic mass is 32.1. The summed E-state index contributed by atoms with van der Waals surface area (Å²) < 4.78 is 24.9. The number of fused-ring (bicyclic) bond motifs is 1. The van der Waals surface area contributed by atoms with E-state index < -0.39 is 11.8 Å². The molecule has 7 nitrogen and oxygen atoms in total. The lowest BCUT2D eigenvalue weighted by atomic mass is 10.2. The number of hydrogen-bond donors (Lipinski definition) is 0. The molecule has 0 aliphatic carbocycles. The average Bonchev–Trinajstić information content (AvgIpc) is 2.95. The molecule has 0 unspecified atom stereocenters. The number of methoxy groups -OCH3 is 1. The highest BCUT2D eigenvalue weighted by molar-refractivity contribution is 7.16. The first kappa shape index (κ1) is 16.1. The van der Waals surface area contributed by atoms with Gasteiger partial charge in [0.05, 0.1) is 12.7 Å². The molecule has 0 spiro atoms. The van der Waals surface area contributed by atoms with E-state index in [-0.39, 0.29) is 17.7 Å². The third-order valence-corrected chi connectivity index (χ3v) is 4.02. The van der Waals surface area contributed by atoms with Crippen LogP contribution in [-0.4, -0.2) is 27.7 Å². The average molecular weight is 349 g/mol. The van der Waals surface area contributed by atoms with Gasteiger partial charge in [-0.1, -0.05) is 11.3 Å². The number of nitrogens with zero attached hydrogens (tertiary/aromatic N) is 3. The van der Waals surface area contributed by atoms with Gasteiger partial charge in [0, 0.05) is 17.8 Å². The van der Waals surface area contributed by atoms with Crippen LogP contribution in [0.25, 0.3) is 4.96 Å². The van der Waals surface area contributed by atoms with Crippen LogP contribution in [0.5, 0.6) is 5.75 Å². The third-order valence-electron chi connectivity index (χ3n) is 3.14. The van der Waals surface area contributed by atoms with Crippen molar-refractivity contribution in [3.05, 3.63) is 56.7 Å². The fraction of sp³-hybridized carbons (Fsp3) is 0.200. The van der Waals surface area contributed by atoms with Crippen LogP contribution in [0.15, 0.2) is 29.1 Å². The lowest BCUT2D eigenvalue weighted by molar-refractivity contribution is 0.0466. The van der Waals surface area contributed by atoms with E-state index in [0.29, 0.717) is 21.4 Å². The molecule has 0 fully saturated rings. The lowest BCUT2D eigenvalue weighted by Crippen LogP contribution is -2.14. The molecule has 3 rings (SSSR count). The molecule has 2 aromatic heterocycles. The monoisotopic (exact) mass is 349 g/mol. The van der Waals surface area contributed by atoms with E-state index in [9.17, 15) is 14.0 Å². The van der Waals surface area contributed by atoms with Crippen molar-refractivity contribution >= 4 is 22.3 Å². The predicted octanol–water partition coefficient (Wildman–Crippen LogP) is 1.96. The molecule has 0 atom stereocenters. The molecule has 3 aromatic rings. The van der Waals surface area contributed by atoms with Gasteiger partial charge in [0.1, 0.15) is 18.2 Å². The molecule has 0 N–H and O–H groups in total. The Bertz CT molecular complexity index is 982. The molecular formula is C15H12FN3O4S. The van der Waals surface area contributed by atoms with E-state index in [2.05, 4.69) is 10.1 Å². The van der Waals surface area contributed by atoms with Crippen LogP contribution in [0.4, 0.5) is 4.39 Å². The molecule has 9 heteroatoms. The van der Waals surface area contributed by atoms with Gasteiger partial charge in [-0.25, -0.2) is 14.2 Å². The van der Waals surface area contributed by atoms with Crippen LogP contribution < -0.4 is 10.3 Å². The van der Waals surface area contributed by atoms with Crippen LogP contribution in [0.2, 0.25) is 0 Å². The normalized spacial score (nSPS) is 10.8. The van der Waals surface area contributed by atoms with Gasteiger partial charge < -0.3 is 9.47 Å². The van der Waals surface area contributed by atoms with Crippen molar-refractivity contribution < 1.29 is 18.7 Å². The number of carbonyl (C=O) groups excluding carboxylic acids is 1. The summed E-state index contributed by atoms with van der Waals surface area (Å²) in [6.45, 7) is 1.52. The minimum atomic E-state index is -0.828. The van der Waals surface area contributed by atoms with Gasteiger partial charge in [0.15, 0.2) is 5.01 Å².